The summed E-state index contributed by atoms with van der Waals surface area (Å²) in [7, 11) is 0. The number of aliphatic carboxylic acids is 1. The molecule has 2 atom stereocenters. The molecule has 0 aliphatic carbocycles. The topological polar surface area (TPSA) is 98.7 Å². The summed E-state index contributed by atoms with van der Waals surface area (Å²) < 4.78 is 0. The Kier molecular flexibility index (Phi) is 5.94. The van der Waals surface area contributed by atoms with Crippen molar-refractivity contribution in [3.05, 3.63) is 0 Å². The second-order valence-electron chi connectivity index (χ2n) is 4.29. The Morgan fingerprint density at radius 2 is 2.16 bits per heavy atom. The van der Waals surface area contributed by atoms with Crippen LogP contribution in [0.3, 0.4) is 0 Å². The van der Waals surface area contributed by atoms with Gasteiger partial charge in [0.2, 0.25) is 5.91 Å². The molecule has 1 heterocycles. The normalized spacial score (nSPS) is 19.9. The first-order chi connectivity index (χ1) is 8.97. The number of carbonyl (C=O) groups excluding carboxylic acids is 2. The van der Waals surface area contributed by atoms with Crippen LogP contribution in [0.4, 0.5) is 4.79 Å². The molecule has 1 aliphatic heterocycles. The largest absolute Gasteiger partial charge is 0.480 e. The lowest BCUT2D eigenvalue weighted by atomic mass is 10.3. The van der Waals surface area contributed by atoms with E-state index in [4.69, 9.17) is 5.11 Å². The Labute approximate surface area is 116 Å². The standard InChI is InChI=1S/C11H19N3O4S/c1-3-4-12-9(15)7(2)13-11(18)14-6-19-5-8(14)10(16)17/h7-8H,3-6H2,1-2H3,(H,12,15)(H,13,18)(H,16,17)/t7?,8-/m0/s1. The Bertz CT molecular complexity index is 364. The molecule has 0 bridgehead atoms. The van der Waals surface area contributed by atoms with Crippen LogP contribution in [0.2, 0.25) is 0 Å². The monoisotopic (exact) mass is 289 g/mol. The van der Waals surface area contributed by atoms with Gasteiger partial charge in [0.1, 0.15) is 12.1 Å². The predicted octanol–water partition coefficient (Wildman–Crippen LogP) is 0.0702. The molecule has 1 saturated heterocycles. The summed E-state index contributed by atoms with van der Waals surface area (Å²) in [6.07, 6.45) is 0.816. The van der Waals surface area contributed by atoms with Crippen LogP contribution >= 0.6 is 11.8 Å². The third-order valence-electron chi connectivity index (χ3n) is 2.71. The summed E-state index contributed by atoms with van der Waals surface area (Å²) in [6.45, 7) is 4.06. The lowest BCUT2D eigenvalue weighted by Gasteiger charge is -2.23. The molecule has 0 saturated carbocycles. The van der Waals surface area contributed by atoms with E-state index in [1.165, 1.54) is 16.7 Å². The maximum absolute atomic E-state index is 11.9. The molecular weight excluding hydrogens is 270 g/mol. The number of carboxylic acid groups (broad SMARTS) is 1. The lowest BCUT2D eigenvalue weighted by Crippen LogP contribution is -2.52. The van der Waals surface area contributed by atoms with Gasteiger partial charge < -0.3 is 20.6 Å². The summed E-state index contributed by atoms with van der Waals surface area (Å²) in [4.78, 5) is 35.7. The Hall–Kier alpha value is -1.44. The van der Waals surface area contributed by atoms with E-state index in [1.807, 2.05) is 6.92 Å². The van der Waals surface area contributed by atoms with Crippen LogP contribution in [0.1, 0.15) is 20.3 Å². The van der Waals surface area contributed by atoms with Crippen molar-refractivity contribution in [1.29, 1.82) is 0 Å². The van der Waals surface area contributed by atoms with Crippen molar-refractivity contribution >= 4 is 29.7 Å². The number of nitrogens with one attached hydrogen (secondary N) is 2. The Balaban J connectivity index is 2.50. The minimum Gasteiger partial charge on any atom is -0.480 e. The first-order valence-electron chi connectivity index (χ1n) is 6.12. The number of nitrogens with zero attached hydrogens (tertiary/aromatic N) is 1. The maximum Gasteiger partial charge on any atom is 0.327 e. The lowest BCUT2D eigenvalue weighted by molar-refractivity contribution is -0.140. The number of rotatable bonds is 5. The Morgan fingerprint density at radius 3 is 2.74 bits per heavy atom. The number of carboxylic acids is 1. The molecule has 3 N–H and O–H groups in total. The van der Waals surface area contributed by atoms with Crippen molar-refractivity contribution in [2.24, 2.45) is 0 Å². The number of hydrogen-bond acceptors (Lipinski definition) is 4. The van der Waals surface area contributed by atoms with Crippen LogP contribution in [-0.4, -0.2) is 58.2 Å². The molecular formula is C11H19N3O4S. The molecule has 1 aliphatic rings. The van der Waals surface area contributed by atoms with Crippen molar-refractivity contribution in [3.8, 4) is 0 Å². The highest BCUT2D eigenvalue weighted by Gasteiger charge is 2.35. The van der Waals surface area contributed by atoms with Crippen LogP contribution in [0.15, 0.2) is 0 Å². The fourth-order valence-electron chi connectivity index (χ4n) is 1.58. The highest BCUT2D eigenvalue weighted by molar-refractivity contribution is 7.99. The summed E-state index contributed by atoms with van der Waals surface area (Å²) in [6, 6.07) is -2.02. The smallest absolute Gasteiger partial charge is 0.327 e. The molecule has 0 aromatic rings. The second-order valence-corrected chi connectivity index (χ2v) is 5.29. The molecule has 108 valence electrons. The van der Waals surface area contributed by atoms with Crippen molar-refractivity contribution in [3.63, 3.8) is 0 Å². The van der Waals surface area contributed by atoms with E-state index in [1.54, 1.807) is 6.92 Å². The van der Waals surface area contributed by atoms with Crippen LogP contribution < -0.4 is 10.6 Å². The summed E-state index contributed by atoms with van der Waals surface area (Å²) in [5.41, 5.74) is 0. The van der Waals surface area contributed by atoms with Crippen molar-refractivity contribution in [2.75, 3.05) is 18.2 Å². The number of hydrogen-bond donors (Lipinski definition) is 3. The van der Waals surface area contributed by atoms with E-state index in [9.17, 15) is 14.4 Å². The third-order valence-corrected chi connectivity index (χ3v) is 3.72. The third kappa shape index (κ3) is 4.30. The molecule has 3 amide bonds. The van der Waals surface area contributed by atoms with Crippen LogP contribution in [0, 0.1) is 0 Å². The van der Waals surface area contributed by atoms with Gasteiger partial charge in [0.15, 0.2) is 0 Å². The van der Waals surface area contributed by atoms with E-state index in [2.05, 4.69) is 10.6 Å². The van der Waals surface area contributed by atoms with Crippen molar-refractivity contribution < 1.29 is 19.5 Å². The van der Waals surface area contributed by atoms with E-state index in [0.29, 0.717) is 18.2 Å². The van der Waals surface area contributed by atoms with Gasteiger partial charge in [-0.25, -0.2) is 9.59 Å². The van der Waals surface area contributed by atoms with Gasteiger partial charge in [0.05, 0.1) is 5.88 Å². The van der Waals surface area contributed by atoms with Gasteiger partial charge in [-0.1, -0.05) is 6.92 Å². The first-order valence-corrected chi connectivity index (χ1v) is 7.28. The minimum atomic E-state index is -1.02. The zero-order chi connectivity index (χ0) is 14.4. The zero-order valence-electron chi connectivity index (χ0n) is 11.0. The van der Waals surface area contributed by atoms with Gasteiger partial charge in [-0.3, -0.25) is 4.79 Å². The molecule has 1 rings (SSSR count). The zero-order valence-corrected chi connectivity index (χ0v) is 11.8. The fourth-order valence-corrected chi connectivity index (χ4v) is 2.73. The molecule has 19 heavy (non-hydrogen) atoms. The number of thioether (sulfide) groups is 1. The van der Waals surface area contributed by atoms with Crippen molar-refractivity contribution in [1.82, 2.24) is 15.5 Å². The maximum atomic E-state index is 11.9. The highest BCUT2D eigenvalue weighted by atomic mass is 32.2. The van der Waals surface area contributed by atoms with E-state index in [-0.39, 0.29) is 5.91 Å². The average molecular weight is 289 g/mol. The van der Waals surface area contributed by atoms with Crippen LogP contribution in [0.25, 0.3) is 0 Å². The van der Waals surface area contributed by atoms with Gasteiger partial charge in [-0.2, -0.15) is 0 Å². The van der Waals surface area contributed by atoms with Gasteiger partial charge in [0.25, 0.3) is 0 Å². The second kappa shape index (κ2) is 7.22. The van der Waals surface area contributed by atoms with Gasteiger partial charge in [-0.15, -0.1) is 11.8 Å². The summed E-state index contributed by atoms with van der Waals surface area (Å²) in [5.74, 6) is -0.595. The van der Waals surface area contributed by atoms with Crippen LogP contribution in [0.5, 0.6) is 0 Å². The quantitative estimate of drug-likeness (QED) is 0.665. The van der Waals surface area contributed by atoms with E-state index < -0.39 is 24.1 Å². The SMILES string of the molecule is CCCNC(=O)C(C)NC(=O)N1CSC[C@H]1C(=O)O. The van der Waals surface area contributed by atoms with Gasteiger partial charge in [-0.05, 0) is 13.3 Å². The van der Waals surface area contributed by atoms with E-state index in [0.717, 1.165) is 6.42 Å². The van der Waals surface area contributed by atoms with Gasteiger partial charge >= 0.3 is 12.0 Å². The number of amides is 3. The molecule has 0 radical (unpaired) electrons. The summed E-state index contributed by atoms with van der Waals surface area (Å²) >= 11 is 1.38. The van der Waals surface area contributed by atoms with Gasteiger partial charge in [0, 0.05) is 12.3 Å². The molecule has 1 unspecified atom stereocenters. The molecule has 8 heteroatoms. The predicted molar refractivity (Wildman–Crippen MR) is 71.9 cm³/mol. The number of carbonyl (C=O) groups is 3. The molecule has 0 aromatic heterocycles. The van der Waals surface area contributed by atoms with Crippen molar-refractivity contribution in [2.45, 2.75) is 32.4 Å². The molecule has 7 nitrogen and oxygen atoms in total. The first kappa shape index (κ1) is 15.6. The minimum absolute atomic E-state index is 0.270. The Morgan fingerprint density at radius 1 is 1.47 bits per heavy atom. The van der Waals surface area contributed by atoms with Crippen LogP contribution in [-0.2, 0) is 9.59 Å². The highest BCUT2D eigenvalue weighted by Crippen LogP contribution is 2.20. The summed E-state index contributed by atoms with van der Waals surface area (Å²) in [5, 5.41) is 14.2. The molecule has 1 fully saturated rings. The fraction of sp³-hybridized carbons (Fsp3) is 0.727. The molecule has 0 spiro atoms. The average Bonchev–Trinajstić information content (AvgIpc) is 2.84. The molecule has 0 aromatic carbocycles. The van der Waals surface area contributed by atoms with E-state index >= 15 is 0 Å². The number of urea groups is 1.